The first-order chi connectivity index (χ1) is 14.6. The van der Waals surface area contributed by atoms with Gasteiger partial charge in [-0.25, -0.2) is 4.98 Å². The molecule has 0 bridgehead atoms. The lowest BCUT2D eigenvalue weighted by Crippen LogP contribution is -2.24. The molecule has 4 nitrogen and oxygen atoms in total. The summed E-state index contributed by atoms with van der Waals surface area (Å²) in [5.41, 5.74) is 5.38. The Labute approximate surface area is 180 Å². The van der Waals surface area contributed by atoms with Gasteiger partial charge in [0.2, 0.25) is 5.91 Å². The van der Waals surface area contributed by atoms with Crippen LogP contribution in [0.2, 0.25) is 5.02 Å². The first kappa shape index (κ1) is 18.9. The molecule has 0 spiro atoms. The molecule has 5 rings (SSSR count). The summed E-state index contributed by atoms with van der Waals surface area (Å²) in [6.07, 6.45) is 0.448. The molecule has 30 heavy (non-hydrogen) atoms. The smallest absolute Gasteiger partial charge is 0.227 e. The number of benzene rings is 3. The number of hydrogen-bond acceptors (Lipinski definition) is 2. The predicted molar refractivity (Wildman–Crippen MR) is 121 cm³/mol. The summed E-state index contributed by atoms with van der Waals surface area (Å²) in [5.74, 6) is 1.11. The number of imidazole rings is 1. The molecule has 0 aliphatic carbocycles. The Bertz CT molecular complexity index is 1230. The maximum Gasteiger partial charge on any atom is 0.227 e. The van der Waals surface area contributed by atoms with Crippen molar-refractivity contribution in [2.24, 2.45) is 0 Å². The predicted octanol–water partition coefficient (Wildman–Crippen LogP) is 5.57. The highest BCUT2D eigenvalue weighted by Crippen LogP contribution is 2.34. The van der Waals surface area contributed by atoms with Crippen LogP contribution in [0.25, 0.3) is 11.0 Å². The first-order valence-corrected chi connectivity index (χ1v) is 10.5. The van der Waals surface area contributed by atoms with Crippen LogP contribution in [0.4, 0.5) is 5.69 Å². The van der Waals surface area contributed by atoms with Crippen LogP contribution in [-0.2, 0) is 11.3 Å². The Kier molecular flexibility index (Phi) is 4.80. The van der Waals surface area contributed by atoms with E-state index in [1.54, 1.807) is 0 Å². The molecule has 1 aliphatic heterocycles. The molecule has 150 valence electrons. The largest absolute Gasteiger partial charge is 0.323 e. The van der Waals surface area contributed by atoms with Crippen LogP contribution in [-0.4, -0.2) is 22.0 Å². The maximum atomic E-state index is 12.8. The molecule has 1 aliphatic rings. The molecule has 3 aromatic carbocycles. The van der Waals surface area contributed by atoms with E-state index in [2.05, 4.69) is 41.8 Å². The number of aryl methyl sites for hydroxylation is 1. The minimum Gasteiger partial charge on any atom is -0.323 e. The molecule has 1 unspecified atom stereocenters. The van der Waals surface area contributed by atoms with Crippen LogP contribution in [0, 0.1) is 6.92 Å². The van der Waals surface area contributed by atoms with Crippen LogP contribution in [0.3, 0.4) is 0 Å². The van der Waals surface area contributed by atoms with Crippen molar-refractivity contribution in [2.75, 3.05) is 11.4 Å². The first-order valence-electron chi connectivity index (χ1n) is 10.1. The number of hydrogen-bond donors (Lipinski definition) is 0. The van der Waals surface area contributed by atoms with Crippen molar-refractivity contribution in [1.29, 1.82) is 0 Å². The summed E-state index contributed by atoms with van der Waals surface area (Å²) in [5, 5.41) is 0.635. The van der Waals surface area contributed by atoms with Gasteiger partial charge in [-0.3, -0.25) is 4.79 Å². The van der Waals surface area contributed by atoms with Gasteiger partial charge in [-0.1, -0.05) is 59.6 Å². The Morgan fingerprint density at radius 2 is 1.83 bits per heavy atom. The molecule has 1 atom stereocenters. The third-order valence-electron chi connectivity index (χ3n) is 5.76. The second-order valence-corrected chi connectivity index (χ2v) is 8.35. The van der Waals surface area contributed by atoms with Crippen LogP contribution in [0.15, 0.2) is 72.8 Å². The zero-order valence-electron chi connectivity index (χ0n) is 16.8. The Morgan fingerprint density at radius 3 is 2.63 bits per heavy atom. The monoisotopic (exact) mass is 415 g/mol. The number of fused-ring (bicyclic) bond motifs is 1. The highest BCUT2D eigenvalue weighted by molar-refractivity contribution is 6.30. The molecule has 0 radical (unpaired) electrons. The van der Waals surface area contributed by atoms with E-state index in [1.807, 2.05) is 47.4 Å². The van der Waals surface area contributed by atoms with Gasteiger partial charge < -0.3 is 9.47 Å². The zero-order valence-corrected chi connectivity index (χ0v) is 17.5. The number of para-hydroxylation sites is 2. The molecule has 1 amide bonds. The van der Waals surface area contributed by atoms with Crippen molar-refractivity contribution in [3.63, 3.8) is 0 Å². The van der Waals surface area contributed by atoms with E-state index in [1.165, 1.54) is 11.1 Å². The van der Waals surface area contributed by atoms with Gasteiger partial charge in [0.05, 0.1) is 11.0 Å². The summed E-state index contributed by atoms with van der Waals surface area (Å²) in [4.78, 5) is 19.6. The standard InChI is InChI=1S/C25H22ClN3O/c1-17-9-11-18(12-10-17)15-29-23-8-3-2-7-22(23)27-25(29)19-13-24(30)28(16-19)21-6-4-5-20(26)14-21/h2-12,14,19H,13,15-16H2,1H3. The van der Waals surface area contributed by atoms with Crippen molar-refractivity contribution < 1.29 is 4.79 Å². The summed E-state index contributed by atoms with van der Waals surface area (Å²) in [6.45, 7) is 3.44. The van der Waals surface area contributed by atoms with E-state index in [0.717, 1.165) is 29.1 Å². The van der Waals surface area contributed by atoms with E-state index in [0.29, 0.717) is 18.0 Å². The molecule has 0 saturated carbocycles. The second kappa shape index (κ2) is 7.62. The van der Waals surface area contributed by atoms with Gasteiger partial charge in [-0.15, -0.1) is 0 Å². The van der Waals surface area contributed by atoms with E-state index < -0.39 is 0 Å². The molecular weight excluding hydrogens is 394 g/mol. The van der Waals surface area contributed by atoms with Gasteiger partial charge in [-0.2, -0.15) is 0 Å². The molecule has 4 aromatic rings. The third kappa shape index (κ3) is 3.48. The number of halogens is 1. The number of carbonyl (C=O) groups is 1. The van der Waals surface area contributed by atoms with E-state index in [4.69, 9.17) is 16.6 Å². The summed E-state index contributed by atoms with van der Waals surface area (Å²) in [7, 11) is 0. The number of nitrogens with zero attached hydrogens (tertiary/aromatic N) is 3. The molecule has 2 heterocycles. The number of aromatic nitrogens is 2. The van der Waals surface area contributed by atoms with Gasteiger partial charge in [0.25, 0.3) is 0 Å². The van der Waals surface area contributed by atoms with E-state index in [9.17, 15) is 4.79 Å². The highest BCUT2D eigenvalue weighted by atomic mass is 35.5. The average Bonchev–Trinajstić information content (AvgIpc) is 3.30. The van der Waals surface area contributed by atoms with Gasteiger partial charge in [0.1, 0.15) is 5.82 Å². The fourth-order valence-corrected chi connectivity index (χ4v) is 4.41. The lowest BCUT2D eigenvalue weighted by atomic mass is 10.1. The number of amides is 1. The van der Waals surface area contributed by atoms with Crippen LogP contribution in [0.5, 0.6) is 0 Å². The van der Waals surface area contributed by atoms with Crippen LogP contribution in [0.1, 0.15) is 29.3 Å². The van der Waals surface area contributed by atoms with Crippen molar-refractivity contribution in [2.45, 2.75) is 25.8 Å². The lowest BCUT2D eigenvalue weighted by molar-refractivity contribution is -0.117. The second-order valence-electron chi connectivity index (χ2n) is 7.92. The minimum absolute atomic E-state index is 0.0364. The summed E-state index contributed by atoms with van der Waals surface area (Å²) >= 11 is 6.15. The molecule has 1 aromatic heterocycles. The van der Waals surface area contributed by atoms with E-state index >= 15 is 0 Å². The summed E-state index contributed by atoms with van der Waals surface area (Å²) < 4.78 is 2.26. The van der Waals surface area contributed by atoms with Gasteiger partial charge >= 0.3 is 0 Å². The van der Waals surface area contributed by atoms with Crippen molar-refractivity contribution >= 4 is 34.2 Å². The van der Waals surface area contributed by atoms with Crippen molar-refractivity contribution in [3.8, 4) is 0 Å². The Morgan fingerprint density at radius 1 is 1.03 bits per heavy atom. The van der Waals surface area contributed by atoms with Crippen molar-refractivity contribution in [3.05, 3.63) is 94.8 Å². The number of carbonyl (C=O) groups excluding carboxylic acids is 1. The topological polar surface area (TPSA) is 38.1 Å². The molecule has 5 heteroatoms. The van der Waals surface area contributed by atoms with Gasteiger partial charge in [-0.05, 0) is 42.8 Å². The van der Waals surface area contributed by atoms with E-state index in [-0.39, 0.29) is 11.8 Å². The SMILES string of the molecule is Cc1ccc(Cn2c(C3CC(=O)N(c4cccc(Cl)c4)C3)nc3ccccc32)cc1. The molecule has 0 N–H and O–H groups in total. The average molecular weight is 416 g/mol. The Balaban J connectivity index is 1.52. The van der Waals surface area contributed by atoms with Gasteiger partial charge in [0.15, 0.2) is 0 Å². The number of rotatable bonds is 4. The minimum atomic E-state index is 0.0364. The lowest BCUT2D eigenvalue weighted by Gasteiger charge is -2.18. The molecule has 1 fully saturated rings. The summed E-state index contributed by atoms with van der Waals surface area (Å²) in [6, 6.07) is 24.3. The molecule has 1 saturated heterocycles. The maximum absolute atomic E-state index is 12.8. The van der Waals surface area contributed by atoms with Gasteiger partial charge in [0, 0.05) is 36.1 Å². The third-order valence-corrected chi connectivity index (χ3v) is 5.99. The van der Waals surface area contributed by atoms with Crippen LogP contribution >= 0.6 is 11.6 Å². The quantitative estimate of drug-likeness (QED) is 0.437. The normalized spacial score (nSPS) is 16.5. The number of anilines is 1. The van der Waals surface area contributed by atoms with Crippen LogP contribution < -0.4 is 4.90 Å². The highest BCUT2D eigenvalue weighted by Gasteiger charge is 2.34. The van der Waals surface area contributed by atoms with Crippen molar-refractivity contribution in [1.82, 2.24) is 9.55 Å². The Hall–Kier alpha value is -3.11. The fourth-order valence-electron chi connectivity index (χ4n) is 4.22. The zero-order chi connectivity index (χ0) is 20.7. The fraction of sp³-hybridized carbons (Fsp3) is 0.200. The molecular formula is C25H22ClN3O.